The summed E-state index contributed by atoms with van der Waals surface area (Å²) in [4.78, 5) is 25.5. The Balaban J connectivity index is 2.34. The highest BCUT2D eigenvalue weighted by atomic mass is 32.2. The SMILES string of the molecule is CCCCCC/C=C/CCCCCCCC(=O)O[C@H](COC(=O)CCCCCCCCCCCCCCCCCCCCCCC)CO[C@H]1O[C@H](CS(=O)(=O)O)[C@@H](O)C(O)C1O. The van der Waals surface area contributed by atoms with Crippen LogP contribution in [0.1, 0.15) is 232 Å². The molecule has 1 saturated heterocycles. The van der Waals surface area contributed by atoms with Crippen LogP contribution in [0.5, 0.6) is 0 Å². The molecule has 1 aliphatic heterocycles. The summed E-state index contributed by atoms with van der Waals surface area (Å²) >= 11 is 0. The van der Waals surface area contributed by atoms with Gasteiger partial charge in [0.1, 0.15) is 36.8 Å². The second kappa shape index (κ2) is 39.7. The van der Waals surface area contributed by atoms with E-state index in [0.29, 0.717) is 12.8 Å². The van der Waals surface area contributed by atoms with Crippen molar-refractivity contribution in [3.8, 4) is 0 Å². The molecule has 1 rings (SSSR count). The Bertz CT molecular complexity index is 1200. The molecule has 0 aliphatic carbocycles. The van der Waals surface area contributed by atoms with Gasteiger partial charge < -0.3 is 34.3 Å². The second-order valence-electron chi connectivity index (χ2n) is 17.8. The lowest BCUT2D eigenvalue weighted by atomic mass is 10.00. The Morgan fingerprint density at radius 2 is 0.919 bits per heavy atom. The maximum atomic E-state index is 12.8. The minimum atomic E-state index is -4.60. The summed E-state index contributed by atoms with van der Waals surface area (Å²) < 4.78 is 54.2. The Labute approximate surface area is 377 Å². The largest absolute Gasteiger partial charge is 0.462 e. The molecule has 0 bridgehead atoms. The molecule has 0 saturated carbocycles. The molecule has 2 unspecified atom stereocenters. The third-order valence-electron chi connectivity index (χ3n) is 11.8. The van der Waals surface area contributed by atoms with Crippen molar-refractivity contribution in [1.82, 2.24) is 0 Å². The van der Waals surface area contributed by atoms with Gasteiger partial charge in [0, 0.05) is 12.8 Å². The van der Waals surface area contributed by atoms with E-state index < -0.39 is 71.2 Å². The van der Waals surface area contributed by atoms with Crippen molar-refractivity contribution in [2.24, 2.45) is 0 Å². The normalized spacial score (nSPS) is 19.9. The van der Waals surface area contributed by atoms with Crippen molar-refractivity contribution < 1.29 is 56.8 Å². The van der Waals surface area contributed by atoms with Crippen molar-refractivity contribution in [3.05, 3.63) is 12.2 Å². The average molecular weight is 905 g/mol. The monoisotopic (exact) mass is 905 g/mol. The van der Waals surface area contributed by atoms with E-state index in [4.69, 9.17) is 18.9 Å². The van der Waals surface area contributed by atoms with Gasteiger partial charge in [-0.1, -0.05) is 193 Å². The number of ether oxygens (including phenoxy) is 4. The Kier molecular flexibility index (Phi) is 37.4. The van der Waals surface area contributed by atoms with E-state index in [9.17, 15) is 37.9 Å². The maximum Gasteiger partial charge on any atom is 0.306 e. The van der Waals surface area contributed by atoms with Gasteiger partial charge in [-0.2, -0.15) is 8.42 Å². The first kappa shape index (κ1) is 58.4. The highest BCUT2D eigenvalue weighted by Crippen LogP contribution is 2.24. The van der Waals surface area contributed by atoms with E-state index >= 15 is 0 Å². The van der Waals surface area contributed by atoms with Crippen LogP contribution in [0.3, 0.4) is 0 Å². The van der Waals surface area contributed by atoms with E-state index in [2.05, 4.69) is 26.0 Å². The number of carbonyl (C=O) groups excluding carboxylic acids is 2. The maximum absolute atomic E-state index is 12.8. The lowest BCUT2D eigenvalue weighted by Crippen LogP contribution is -2.60. The molecular weight excluding hydrogens is 813 g/mol. The van der Waals surface area contributed by atoms with Crippen LogP contribution in [0.2, 0.25) is 0 Å². The number of hydrogen-bond donors (Lipinski definition) is 4. The first-order valence-electron chi connectivity index (χ1n) is 25.2. The molecule has 12 nitrogen and oxygen atoms in total. The molecule has 62 heavy (non-hydrogen) atoms. The summed E-state index contributed by atoms with van der Waals surface area (Å²) in [7, 11) is -4.60. The number of allylic oxidation sites excluding steroid dienone is 2. The van der Waals surface area contributed by atoms with Gasteiger partial charge in [-0.3, -0.25) is 14.1 Å². The molecule has 0 spiro atoms. The fourth-order valence-electron chi connectivity index (χ4n) is 7.91. The number of aliphatic hydroxyl groups excluding tert-OH is 3. The average Bonchev–Trinajstić information content (AvgIpc) is 3.24. The third-order valence-corrected chi connectivity index (χ3v) is 12.6. The predicted octanol–water partition coefficient (Wildman–Crippen LogP) is 11.0. The summed E-state index contributed by atoms with van der Waals surface area (Å²) in [6.07, 6.45) is 34.0. The second-order valence-corrected chi connectivity index (χ2v) is 19.3. The minimum Gasteiger partial charge on any atom is -0.462 e. The molecule has 1 heterocycles. The van der Waals surface area contributed by atoms with E-state index in [1.807, 2.05) is 0 Å². The third kappa shape index (κ3) is 33.8. The fraction of sp³-hybridized carbons (Fsp3) is 0.918. The summed E-state index contributed by atoms with van der Waals surface area (Å²) in [5.74, 6) is -1.98. The van der Waals surface area contributed by atoms with Crippen LogP contribution in [0, 0.1) is 0 Å². The van der Waals surface area contributed by atoms with Crippen LogP contribution < -0.4 is 0 Å². The highest BCUT2D eigenvalue weighted by molar-refractivity contribution is 7.85. The van der Waals surface area contributed by atoms with Gasteiger partial charge in [-0.25, -0.2) is 0 Å². The van der Waals surface area contributed by atoms with Crippen LogP contribution in [0.25, 0.3) is 0 Å². The molecule has 0 aromatic heterocycles. The number of hydrogen-bond acceptors (Lipinski definition) is 11. The zero-order valence-electron chi connectivity index (χ0n) is 39.2. The van der Waals surface area contributed by atoms with Crippen molar-refractivity contribution in [1.29, 1.82) is 0 Å². The number of unbranched alkanes of at least 4 members (excludes halogenated alkanes) is 29. The lowest BCUT2D eigenvalue weighted by molar-refractivity contribution is -0.297. The molecule has 1 aliphatic rings. The van der Waals surface area contributed by atoms with Crippen LogP contribution in [-0.2, 0) is 38.7 Å². The molecule has 366 valence electrons. The Morgan fingerprint density at radius 1 is 0.532 bits per heavy atom. The number of carbonyl (C=O) groups is 2. The topological polar surface area (TPSA) is 186 Å². The van der Waals surface area contributed by atoms with E-state index in [-0.39, 0.29) is 19.4 Å². The zero-order valence-corrected chi connectivity index (χ0v) is 40.1. The molecule has 4 N–H and O–H groups in total. The standard InChI is InChI=1S/C49H92O12S/c1-3-5-7-9-11-13-15-17-18-19-20-21-22-23-24-26-27-29-31-33-35-37-44(50)58-39-42(40-59-49-48(54)47(53)46(52)43(61-49)41-62(55,56)57)60-45(51)38-36-34-32-30-28-25-16-14-12-10-8-6-4-2/h14,16,42-43,46-49,52-54H,3-13,15,17-41H2,1-2H3,(H,55,56,57)/b16-14+/t42-,43-,46-,47?,48?,49+/m1/s1. The van der Waals surface area contributed by atoms with Crippen molar-refractivity contribution in [2.75, 3.05) is 19.0 Å². The smallest absolute Gasteiger partial charge is 0.306 e. The van der Waals surface area contributed by atoms with Crippen LogP contribution in [0.4, 0.5) is 0 Å². The van der Waals surface area contributed by atoms with Crippen LogP contribution >= 0.6 is 0 Å². The summed E-state index contributed by atoms with van der Waals surface area (Å²) in [6.45, 7) is 3.77. The molecule has 13 heteroatoms. The quantitative estimate of drug-likeness (QED) is 0.0197. The first-order valence-corrected chi connectivity index (χ1v) is 26.9. The van der Waals surface area contributed by atoms with E-state index in [1.54, 1.807) is 0 Å². The van der Waals surface area contributed by atoms with Crippen molar-refractivity contribution >= 4 is 22.1 Å². The van der Waals surface area contributed by atoms with E-state index in [1.165, 1.54) is 135 Å². The lowest BCUT2D eigenvalue weighted by Gasteiger charge is -2.40. The minimum absolute atomic E-state index is 0.158. The predicted molar refractivity (Wildman–Crippen MR) is 247 cm³/mol. The van der Waals surface area contributed by atoms with Crippen molar-refractivity contribution in [3.63, 3.8) is 0 Å². The summed E-state index contributed by atoms with van der Waals surface area (Å²) in [6, 6.07) is 0. The fourth-order valence-corrected chi connectivity index (χ4v) is 8.60. The molecule has 0 radical (unpaired) electrons. The van der Waals surface area contributed by atoms with Gasteiger partial charge in [0.25, 0.3) is 10.1 Å². The summed E-state index contributed by atoms with van der Waals surface area (Å²) in [5, 5.41) is 30.9. The molecular formula is C49H92O12S. The van der Waals surface area contributed by atoms with E-state index in [0.717, 1.165) is 57.8 Å². The number of rotatable bonds is 43. The van der Waals surface area contributed by atoms with Gasteiger partial charge >= 0.3 is 11.9 Å². The molecule has 0 aromatic carbocycles. The molecule has 1 fully saturated rings. The molecule has 6 atom stereocenters. The van der Waals surface area contributed by atoms with Gasteiger partial charge in [-0.05, 0) is 38.5 Å². The van der Waals surface area contributed by atoms with Crippen molar-refractivity contribution in [2.45, 2.75) is 269 Å². The Hall–Kier alpha value is -1.61. The molecule has 0 amide bonds. The van der Waals surface area contributed by atoms with Gasteiger partial charge in [0.05, 0.1) is 6.61 Å². The van der Waals surface area contributed by atoms with Crippen LogP contribution in [-0.4, -0.2) is 96.0 Å². The highest BCUT2D eigenvalue weighted by Gasteiger charge is 2.46. The summed E-state index contributed by atoms with van der Waals surface area (Å²) in [5.41, 5.74) is 0. The zero-order chi connectivity index (χ0) is 45.5. The van der Waals surface area contributed by atoms with Gasteiger partial charge in [-0.15, -0.1) is 0 Å². The van der Waals surface area contributed by atoms with Gasteiger partial charge in [0.15, 0.2) is 12.4 Å². The number of aliphatic hydroxyl groups is 3. The Morgan fingerprint density at radius 3 is 1.35 bits per heavy atom. The number of esters is 2. The van der Waals surface area contributed by atoms with Gasteiger partial charge in [0.2, 0.25) is 0 Å². The first-order chi connectivity index (χ1) is 30.0. The molecule has 0 aromatic rings. The van der Waals surface area contributed by atoms with Crippen LogP contribution in [0.15, 0.2) is 12.2 Å².